The maximum Gasteiger partial charge on any atom is 0.0623 e. The van der Waals surface area contributed by atoms with Crippen molar-refractivity contribution in [2.45, 2.75) is 26.3 Å². The highest BCUT2D eigenvalue weighted by Crippen LogP contribution is 2.05. The van der Waals surface area contributed by atoms with E-state index in [0.29, 0.717) is 5.92 Å². The number of aliphatic hydroxyl groups excluding tert-OH is 1. The minimum atomic E-state index is -0.177. The first-order valence-corrected chi connectivity index (χ1v) is 4.92. The van der Waals surface area contributed by atoms with Crippen molar-refractivity contribution in [2.75, 3.05) is 33.8 Å². The minimum Gasteiger partial charge on any atom is -0.394 e. The van der Waals surface area contributed by atoms with E-state index < -0.39 is 0 Å². The highest BCUT2D eigenvalue weighted by Gasteiger charge is 2.22. The van der Waals surface area contributed by atoms with Gasteiger partial charge in [-0.3, -0.25) is 0 Å². The number of hydrogen-bond acceptors (Lipinski definition) is 3. The fraction of sp³-hybridized carbons (Fsp3) is 1.00. The van der Waals surface area contributed by atoms with Gasteiger partial charge in [-0.05, 0) is 26.9 Å². The minimum absolute atomic E-state index is 0.173. The van der Waals surface area contributed by atoms with E-state index >= 15 is 0 Å². The Balaban J connectivity index is 3.94. The molecule has 0 aromatic carbocycles. The van der Waals surface area contributed by atoms with Crippen molar-refractivity contribution in [1.29, 1.82) is 0 Å². The molecular weight excluding hydrogens is 164 g/mol. The van der Waals surface area contributed by atoms with E-state index in [1.54, 1.807) is 0 Å². The first-order valence-electron chi connectivity index (χ1n) is 4.92. The fourth-order valence-corrected chi connectivity index (χ4v) is 1.49. The molecule has 0 radical (unpaired) electrons. The summed E-state index contributed by atoms with van der Waals surface area (Å²) in [4.78, 5) is 2.25. The van der Waals surface area contributed by atoms with Crippen molar-refractivity contribution >= 4 is 0 Å². The highest BCUT2D eigenvalue weighted by atomic mass is 16.3. The van der Waals surface area contributed by atoms with Crippen LogP contribution in [-0.4, -0.2) is 49.3 Å². The van der Waals surface area contributed by atoms with Gasteiger partial charge in [0.15, 0.2) is 0 Å². The van der Waals surface area contributed by atoms with Gasteiger partial charge >= 0.3 is 0 Å². The summed E-state index contributed by atoms with van der Waals surface area (Å²) in [6, 6.07) is 0. The Morgan fingerprint density at radius 1 is 1.46 bits per heavy atom. The molecule has 0 fully saturated rings. The molecule has 3 nitrogen and oxygen atoms in total. The molecule has 0 aromatic heterocycles. The van der Waals surface area contributed by atoms with Crippen LogP contribution in [0.4, 0.5) is 0 Å². The lowest BCUT2D eigenvalue weighted by Gasteiger charge is -2.32. The van der Waals surface area contributed by atoms with Crippen LogP contribution in [0.1, 0.15) is 20.8 Å². The summed E-state index contributed by atoms with van der Waals surface area (Å²) in [5, 5.41) is 12.3. The second kappa shape index (κ2) is 5.58. The quantitative estimate of drug-likeness (QED) is 0.639. The van der Waals surface area contributed by atoms with Crippen LogP contribution >= 0.6 is 0 Å². The Bertz CT molecular complexity index is 133. The largest absolute Gasteiger partial charge is 0.394 e. The summed E-state index contributed by atoms with van der Waals surface area (Å²) >= 11 is 0. The van der Waals surface area contributed by atoms with E-state index in [-0.39, 0.29) is 12.1 Å². The molecule has 0 saturated heterocycles. The molecule has 0 saturated carbocycles. The Kier molecular flexibility index (Phi) is 5.53. The maximum absolute atomic E-state index is 9.18. The van der Waals surface area contributed by atoms with Crippen molar-refractivity contribution in [3.8, 4) is 0 Å². The summed E-state index contributed by atoms with van der Waals surface area (Å²) in [5.41, 5.74) is -0.177. The summed E-state index contributed by atoms with van der Waals surface area (Å²) in [7, 11) is 3.98. The molecule has 0 amide bonds. The Hall–Kier alpha value is -0.120. The van der Waals surface area contributed by atoms with Crippen LogP contribution in [0.3, 0.4) is 0 Å². The molecule has 2 N–H and O–H groups in total. The second-order valence-electron chi connectivity index (χ2n) is 4.56. The van der Waals surface area contributed by atoms with Gasteiger partial charge in [0.2, 0.25) is 0 Å². The molecule has 0 rings (SSSR count). The van der Waals surface area contributed by atoms with Crippen LogP contribution in [0.2, 0.25) is 0 Å². The van der Waals surface area contributed by atoms with E-state index in [1.165, 1.54) is 0 Å². The summed E-state index contributed by atoms with van der Waals surface area (Å²) < 4.78 is 0. The molecular formula is C10H24N2O. The van der Waals surface area contributed by atoms with Crippen molar-refractivity contribution < 1.29 is 5.11 Å². The van der Waals surface area contributed by atoms with Gasteiger partial charge in [0.1, 0.15) is 0 Å². The Morgan fingerprint density at radius 3 is 2.31 bits per heavy atom. The van der Waals surface area contributed by atoms with Gasteiger partial charge in [0.05, 0.1) is 12.1 Å². The zero-order valence-corrected chi connectivity index (χ0v) is 9.59. The predicted octanol–water partition coefficient (Wildman–Crippen LogP) is 0.545. The van der Waals surface area contributed by atoms with Crippen molar-refractivity contribution in [1.82, 2.24) is 10.2 Å². The van der Waals surface area contributed by atoms with Gasteiger partial charge in [-0.2, -0.15) is 0 Å². The summed E-state index contributed by atoms with van der Waals surface area (Å²) in [6.07, 6.45) is 0. The second-order valence-corrected chi connectivity index (χ2v) is 4.56. The molecule has 0 bridgehead atoms. The van der Waals surface area contributed by atoms with Crippen molar-refractivity contribution in [3.05, 3.63) is 0 Å². The number of likely N-dealkylation sites (N-methyl/N-ethyl adjacent to an activating group) is 2. The number of nitrogens with one attached hydrogen (secondary N) is 1. The summed E-state index contributed by atoms with van der Waals surface area (Å²) in [6.45, 7) is 8.55. The van der Waals surface area contributed by atoms with Crippen molar-refractivity contribution in [3.63, 3.8) is 0 Å². The van der Waals surface area contributed by atoms with Gasteiger partial charge in [0.25, 0.3) is 0 Å². The zero-order valence-electron chi connectivity index (χ0n) is 9.59. The van der Waals surface area contributed by atoms with Crippen LogP contribution in [0.15, 0.2) is 0 Å². The van der Waals surface area contributed by atoms with Crippen molar-refractivity contribution in [2.24, 2.45) is 5.92 Å². The maximum atomic E-state index is 9.18. The number of hydrogen-bond donors (Lipinski definition) is 2. The van der Waals surface area contributed by atoms with Gasteiger partial charge < -0.3 is 15.3 Å². The molecule has 80 valence electrons. The lowest BCUT2D eigenvalue weighted by Crippen LogP contribution is -2.52. The molecule has 0 aromatic rings. The fourth-order valence-electron chi connectivity index (χ4n) is 1.49. The third kappa shape index (κ3) is 5.24. The average Bonchev–Trinajstić information content (AvgIpc) is 2.02. The number of aliphatic hydroxyl groups is 1. The molecule has 0 aliphatic heterocycles. The van der Waals surface area contributed by atoms with Crippen LogP contribution in [0.25, 0.3) is 0 Å². The SMILES string of the molecule is CNC(C)(CO)CN(C)CC(C)C. The van der Waals surface area contributed by atoms with Gasteiger partial charge in [-0.25, -0.2) is 0 Å². The first kappa shape index (κ1) is 12.9. The van der Waals surface area contributed by atoms with Gasteiger partial charge in [0, 0.05) is 13.1 Å². The predicted molar refractivity (Wildman–Crippen MR) is 56.9 cm³/mol. The Morgan fingerprint density at radius 2 is 2.00 bits per heavy atom. The third-order valence-corrected chi connectivity index (χ3v) is 2.25. The molecule has 0 aliphatic rings. The van der Waals surface area contributed by atoms with E-state index in [1.807, 2.05) is 14.0 Å². The molecule has 3 heteroatoms. The number of nitrogens with zero attached hydrogens (tertiary/aromatic N) is 1. The molecule has 1 unspecified atom stereocenters. The molecule has 0 spiro atoms. The number of rotatable bonds is 6. The standard InChI is InChI=1S/C10H24N2O/c1-9(2)6-12(5)7-10(3,8-13)11-4/h9,11,13H,6-8H2,1-5H3. The van der Waals surface area contributed by atoms with Gasteiger partial charge in [-0.15, -0.1) is 0 Å². The molecule has 1 atom stereocenters. The van der Waals surface area contributed by atoms with Crippen LogP contribution in [0.5, 0.6) is 0 Å². The topological polar surface area (TPSA) is 35.5 Å². The molecule has 0 heterocycles. The van der Waals surface area contributed by atoms with E-state index in [2.05, 4.69) is 31.1 Å². The normalized spacial score (nSPS) is 16.6. The smallest absolute Gasteiger partial charge is 0.0623 e. The average molecular weight is 188 g/mol. The summed E-state index contributed by atoms with van der Waals surface area (Å²) in [5.74, 6) is 0.671. The van der Waals surface area contributed by atoms with Crippen LogP contribution < -0.4 is 5.32 Å². The van der Waals surface area contributed by atoms with Gasteiger partial charge in [-0.1, -0.05) is 13.8 Å². The lowest BCUT2D eigenvalue weighted by atomic mass is 10.0. The van der Waals surface area contributed by atoms with E-state index in [9.17, 15) is 5.11 Å². The van der Waals surface area contributed by atoms with E-state index in [4.69, 9.17) is 0 Å². The monoisotopic (exact) mass is 188 g/mol. The molecule has 0 aliphatic carbocycles. The molecule has 13 heavy (non-hydrogen) atoms. The van der Waals surface area contributed by atoms with Crippen LogP contribution in [0, 0.1) is 5.92 Å². The first-order chi connectivity index (χ1) is 5.93. The van der Waals surface area contributed by atoms with E-state index in [0.717, 1.165) is 13.1 Å². The van der Waals surface area contributed by atoms with Crippen LogP contribution in [-0.2, 0) is 0 Å². The zero-order chi connectivity index (χ0) is 10.5. The Labute approximate surface area is 82.1 Å². The highest BCUT2D eigenvalue weighted by molar-refractivity contribution is 4.83. The third-order valence-electron chi connectivity index (χ3n) is 2.25. The lowest BCUT2D eigenvalue weighted by molar-refractivity contribution is 0.133.